The monoisotopic (exact) mass is 264 g/mol. The Morgan fingerprint density at radius 2 is 1.95 bits per heavy atom. The minimum Gasteiger partial charge on any atom is -0.496 e. The van der Waals surface area contributed by atoms with Crippen LogP contribution in [0.3, 0.4) is 0 Å². The fourth-order valence-corrected chi connectivity index (χ4v) is 2.57. The molecule has 0 aliphatic carbocycles. The van der Waals surface area contributed by atoms with Gasteiger partial charge in [0.1, 0.15) is 18.1 Å². The molecule has 1 fully saturated rings. The molecular formula is C15H24N2O2. The largest absolute Gasteiger partial charge is 0.496 e. The number of ether oxygens (including phenoxy) is 2. The Bertz CT molecular complexity index is 401. The zero-order valence-electron chi connectivity index (χ0n) is 11.9. The van der Waals surface area contributed by atoms with Gasteiger partial charge in [-0.15, -0.1) is 0 Å². The second-order valence-electron chi connectivity index (χ2n) is 5.06. The predicted molar refractivity (Wildman–Crippen MR) is 76.8 cm³/mol. The maximum atomic E-state index is 6.01. The molecule has 0 amide bonds. The van der Waals surface area contributed by atoms with Gasteiger partial charge in [-0.3, -0.25) is 4.90 Å². The van der Waals surface area contributed by atoms with Gasteiger partial charge >= 0.3 is 0 Å². The topological polar surface area (TPSA) is 47.7 Å². The molecule has 1 saturated heterocycles. The molecule has 1 aliphatic heterocycles. The average molecular weight is 264 g/mol. The molecule has 1 aromatic carbocycles. The highest BCUT2D eigenvalue weighted by atomic mass is 16.5. The SMILES string of the molecule is COc1cccc(OCCN2CCCC2)c1[C@H](C)N. The number of hydrogen-bond donors (Lipinski definition) is 1. The van der Waals surface area contributed by atoms with Gasteiger partial charge in [-0.25, -0.2) is 0 Å². The van der Waals surface area contributed by atoms with Crippen molar-refractivity contribution in [3.8, 4) is 11.5 Å². The third-order valence-electron chi connectivity index (χ3n) is 3.57. The highest BCUT2D eigenvalue weighted by Gasteiger charge is 2.15. The van der Waals surface area contributed by atoms with Gasteiger partial charge in [-0.1, -0.05) is 6.07 Å². The molecule has 1 heterocycles. The van der Waals surface area contributed by atoms with Gasteiger partial charge in [0, 0.05) is 12.6 Å². The van der Waals surface area contributed by atoms with Crippen molar-refractivity contribution < 1.29 is 9.47 Å². The molecule has 0 radical (unpaired) electrons. The summed E-state index contributed by atoms with van der Waals surface area (Å²) >= 11 is 0. The molecule has 2 rings (SSSR count). The lowest BCUT2D eigenvalue weighted by molar-refractivity contribution is 0.235. The summed E-state index contributed by atoms with van der Waals surface area (Å²) in [5, 5.41) is 0. The van der Waals surface area contributed by atoms with Crippen LogP contribution in [0.4, 0.5) is 0 Å². The van der Waals surface area contributed by atoms with Crippen LogP contribution in [0.15, 0.2) is 18.2 Å². The van der Waals surface area contributed by atoms with Gasteiger partial charge in [-0.2, -0.15) is 0 Å². The van der Waals surface area contributed by atoms with Crippen LogP contribution < -0.4 is 15.2 Å². The molecule has 0 aromatic heterocycles. The van der Waals surface area contributed by atoms with Gasteiger partial charge < -0.3 is 15.2 Å². The second-order valence-corrected chi connectivity index (χ2v) is 5.06. The average Bonchev–Trinajstić information content (AvgIpc) is 2.91. The van der Waals surface area contributed by atoms with E-state index in [4.69, 9.17) is 15.2 Å². The van der Waals surface area contributed by atoms with Crippen molar-refractivity contribution in [1.82, 2.24) is 4.90 Å². The number of nitrogens with zero attached hydrogens (tertiary/aromatic N) is 1. The molecular weight excluding hydrogens is 240 g/mol. The number of methoxy groups -OCH3 is 1. The first-order valence-electron chi connectivity index (χ1n) is 7.00. The first-order chi connectivity index (χ1) is 9.22. The number of rotatable bonds is 6. The van der Waals surface area contributed by atoms with Crippen molar-refractivity contribution >= 4 is 0 Å². The van der Waals surface area contributed by atoms with Crippen molar-refractivity contribution in [2.75, 3.05) is 33.4 Å². The predicted octanol–water partition coefficient (Wildman–Crippen LogP) is 2.19. The van der Waals surface area contributed by atoms with Crippen LogP contribution in [0.1, 0.15) is 31.4 Å². The van der Waals surface area contributed by atoms with E-state index in [9.17, 15) is 0 Å². The molecule has 0 bridgehead atoms. The van der Waals surface area contributed by atoms with Gasteiger partial charge in [0.25, 0.3) is 0 Å². The summed E-state index contributed by atoms with van der Waals surface area (Å²) in [6.07, 6.45) is 2.62. The summed E-state index contributed by atoms with van der Waals surface area (Å²) in [7, 11) is 1.66. The van der Waals surface area contributed by atoms with Gasteiger partial charge in [0.2, 0.25) is 0 Å². The lowest BCUT2D eigenvalue weighted by Gasteiger charge is -2.19. The lowest BCUT2D eigenvalue weighted by atomic mass is 10.1. The summed E-state index contributed by atoms with van der Waals surface area (Å²) in [6.45, 7) is 6.02. The summed E-state index contributed by atoms with van der Waals surface area (Å²) in [5.74, 6) is 1.64. The molecule has 4 heteroatoms. The number of nitrogens with two attached hydrogens (primary N) is 1. The number of hydrogen-bond acceptors (Lipinski definition) is 4. The summed E-state index contributed by atoms with van der Waals surface area (Å²) < 4.78 is 11.3. The van der Waals surface area contributed by atoms with E-state index >= 15 is 0 Å². The molecule has 106 valence electrons. The molecule has 0 unspecified atom stereocenters. The Hall–Kier alpha value is -1.26. The zero-order chi connectivity index (χ0) is 13.7. The summed E-state index contributed by atoms with van der Waals surface area (Å²) in [4.78, 5) is 2.44. The van der Waals surface area contributed by atoms with Crippen molar-refractivity contribution in [2.45, 2.75) is 25.8 Å². The second kappa shape index (κ2) is 6.78. The fraction of sp³-hybridized carbons (Fsp3) is 0.600. The number of likely N-dealkylation sites (tertiary alicyclic amines) is 1. The van der Waals surface area contributed by atoms with E-state index in [1.807, 2.05) is 25.1 Å². The Kier molecular flexibility index (Phi) is 5.05. The smallest absolute Gasteiger partial charge is 0.127 e. The lowest BCUT2D eigenvalue weighted by Crippen LogP contribution is -2.25. The van der Waals surface area contributed by atoms with Crippen LogP contribution in [0, 0.1) is 0 Å². The van der Waals surface area contributed by atoms with Crippen LogP contribution in [0.5, 0.6) is 11.5 Å². The first kappa shape index (κ1) is 14.2. The molecule has 1 aliphatic rings. The highest BCUT2D eigenvalue weighted by Crippen LogP contribution is 2.32. The Morgan fingerprint density at radius 1 is 1.26 bits per heavy atom. The Balaban J connectivity index is 1.98. The van der Waals surface area contributed by atoms with Gasteiger partial charge in [0.15, 0.2) is 0 Å². The van der Waals surface area contributed by atoms with Crippen LogP contribution in [0.2, 0.25) is 0 Å². The highest BCUT2D eigenvalue weighted by molar-refractivity contribution is 5.46. The fourth-order valence-electron chi connectivity index (χ4n) is 2.57. The summed E-state index contributed by atoms with van der Waals surface area (Å²) in [6, 6.07) is 5.73. The molecule has 19 heavy (non-hydrogen) atoms. The zero-order valence-corrected chi connectivity index (χ0v) is 11.9. The Morgan fingerprint density at radius 3 is 2.58 bits per heavy atom. The molecule has 4 nitrogen and oxygen atoms in total. The third kappa shape index (κ3) is 3.61. The van der Waals surface area contributed by atoms with Gasteiger partial charge in [0.05, 0.1) is 12.7 Å². The minimum atomic E-state index is -0.0991. The van der Waals surface area contributed by atoms with Crippen molar-refractivity contribution in [2.24, 2.45) is 5.73 Å². The summed E-state index contributed by atoms with van der Waals surface area (Å²) in [5.41, 5.74) is 6.96. The van der Waals surface area contributed by atoms with E-state index in [2.05, 4.69) is 4.90 Å². The van der Waals surface area contributed by atoms with Crippen molar-refractivity contribution in [3.05, 3.63) is 23.8 Å². The molecule has 0 spiro atoms. The quantitative estimate of drug-likeness (QED) is 0.855. The van der Waals surface area contributed by atoms with E-state index in [1.54, 1.807) is 7.11 Å². The maximum Gasteiger partial charge on any atom is 0.127 e. The standard InChI is InChI=1S/C15H24N2O2/c1-12(16)15-13(18-2)6-5-7-14(15)19-11-10-17-8-3-4-9-17/h5-7,12H,3-4,8-11,16H2,1-2H3/t12-/m0/s1. The molecule has 1 atom stereocenters. The minimum absolute atomic E-state index is 0.0991. The molecule has 2 N–H and O–H groups in total. The van der Waals surface area contributed by atoms with E-state index in [0.717, 1.165) is 23.6 Å². The maximum absolute atomic E-state index is 6.01. The van der Waals surface area contributed by atoms with Crippen molar-refractivity contribution in [1.29, 1.82) is 0 Å². The normalized spacial score (nSPS) is 17.4. The van der Waals surface area contributed by atoms with Gasteiger partial charge in [-0.05, 0) is 45.0 Å². The van der Waals surface area contributed by atoms with Crippen LogP contribution in [-0.4, -0.2) is 38.3 Å². The van der Waals surface area contributed by atoms with E-state index < -0.39 is 0 Å². The van der Waals surface area contributed by atoms with Crippen molar-refractivity contribution in [3.63, 3.8) is 0 Å². The molecule has 0 saturated carbocycles. The molecule has 1 aromatic rings. The third-order valence-corrected chi connectivity index (χ3v) is 3.57. The van der Waals surface area contributed by atoms with Crippen LogP contribution >= 0.6 is 0 Å². The van der Waals surface area contributed by atoms with Crippen LogP contribution in [-0.2, 0) is 0 Å². The number of benzene rings is 1. The van der Waals surface area contributed by atoms with Crippen LogP contribution in [0.25, 0.3) is 0 Å². The van der Waals surface area contributed by atoms with E-state index in [1.165, 1.54) is 25.9 Å². The van der Waals surface area contributed by atoms with E-state index in [-0.39, 0.29) is 6.04 Å². The first-order valence-corrected chi connectivity index (χ1v) is 7.00. The Labute approximate surface area is 115 Å². The van der Waals surface area contributed by atoms with E-state index in [0.29, 0.717) is 6.61 Å².